The number of aliphatic hydroxyl groups excluding tert-OH is 1. The third-order valence-electron chi connectivity index (χ3n) is 4.38. The van der Waals surface area contributed by atoms with Crippen molar-refractivity contribution in [3.63, 3.8) is 0 Å². The van der Waals surface area contributed by atoms with Crippen LogP contribution in [-0.2, 0) is 14.8 Å². The lowest BCUT2D eigenvalue weighted by Crippen LogP contribution is -2.45. The van der Waals surface area contributed by atoms with Gasteiger partial charge in [0, 0.05) is 32.3 Å². The minimum absolute atomic E-state index is 0.00472. The van der Waals surface area contributed by atoms with Crippen molar-refractivity contribution < 1.29 is 27.8 Å². The van der Waals surface area contributed by atoms with Gasteiger partial charge < -0.3 is 19.9 Å². The summed E-state index contributed by atoms with van der Waals surface area (Å²) < 4.78 is 37.6. The first-order chi connectivity index (χ1) is 12.4. The smallest absolute Gasteiger partial charge is 0.243 e. The van der Waals surface area contributed by atoms with Crippen LogP contribution in [0.15, 0.2) is 23.1 Å². The fourth-order valence-electron chi connectivity index (χ4n) is 2.94. The molecule has 1 fully saturated rings. The van der Waals surface area contributed by atoms with Gasteiger partial charge in [-0.2, -0.15) is 4.31 Å². The monoisotopic (exact) mass is 386 g/mol. The van der Waals surface area contributed by atoms with E-state index in [1.807, 2.05) is 0 Å². The van der Waals surface area contributed by atoms with Crippen LogP contribution in [0.2, 0.25) is 0 Å². The molecule has 2 rings (SSSR count). The van der Waals surface area contributed by atoms with Crippen LogP contribution in [0.4, 0.5) is 0 Å². The van der Waals surface area contributed by atoms with Gasteiger partial charge in [-0.05, 0) is 31.4 Å². The van der Waals surface area contributed by atoms with Crippen LogP contribution in [0, 0.1) is 5.92 Å². The Morgan fingerprint density at radius 2 is 2.04 bits per heavy atom. The topological polar surface area (TPSA) is 105 Å². The maximum absolute atomic E-state index is 12.9. The number of piperidine rings is 1. The number of sulfonamides is 1. The van der Waals surface area contributed by atoms with Gasteiger partial charge in [0.2, 0.25) is 15.9 Å². The Morgan fingerprint density at radius 1 is 1.31 bits per heavy atom. The van der Waals surface area contributed by atoms with Gasteiger partial charge in [0.05, 0.1) is 25.0 Å². The highest BCUT2D eigenvalue weighted by atomic mass is 32.2. The molecule has 0 saturated carbocycles. The maximum Gasteiger partial charge on any atom is 0.243 e. The molecule has 26 heavy (non-hydrogen) atoms. The van der Waals surface area contributed by atoms with Crippen molar-refractivity contribution in [2.24, 2.45) is 5.92 Å². The highest BCUT2D eigenvalue weighted by molar-refractivity contribution is 7.89. The van der Waals surface area contributed by atoms with Crippen molar-refractivity contribution in [3.8, 4) is 11.5 Å². The number of hydrogen-bond acceptors (Lipinski definition) is 6. The van der Waals surface area contributed by atoms with Crippen LogP contribution in [-0.4, -0.2) is 64.2 Å². The molecule has 1 aliphatic heterocycles. The van der Waals surface area contributed by atoms with E-state index in [0.717, 1.165) is 0 Å². The van der Waals surface area contributed by atoms with Gasteiger partial charge >= 0.3 is 0 Å². The summed E-state index contributed by atoms with van der Waals surface area (Å²) in [6, 6.07) is 4.45. The number of hydrogen-bond donors (Lipinski definition) is 2. The largest absolute Gasteiger partial charge is 0.493 e. The number of methoxy groups -OCH3 is 2. The third-order valence-corrected chi connectivity index (χ3v) is 6.24. The molecule has 1 aromatic rings. The molecule has 0 aromatic heterocycles. The molecular weight excluding hydrogens is 360 g/mol. The summed E-state index contributed by atoms with van der Waals surface area (Å²) >= 11 is 0. The van der Waals surface area contributed by atoms with Gasteiger partial charge in [-0.1, -0.05) is 0 Å². The molecule has 146 valence electrons. The molecule has 0 radical (unpaired) electrons. The molecule has 1 atom stereocenters. The minimum Gasteiger partial charge on any atom is -0.493 e. The van der Waals surface area contributed by atoms with Crippen molar-refractivity contribution >= 4 is 15.9 Å². The number of aliphatic hydroxyl groups is 1. The number of nitrogens with one attached hydrogen (secondary N) is 1. The van der Waals surface area contributed by atoms with E-state index in [2.05, 4.69) is 5.32 Å². The standard InChI is InChI=1S/C17H26N2O6S/c1-24-15-7-6-14(11-16(15)25-2)26(22,23)19-9-3-5-13(12-19)17(21)18-8-4-10-20/h6-7,11,13,20H,3-5,8-10,12H2,1-2H3,(H,18,21)/t13-/m1/s1. The maximum atomic E-state index is 12.9. The molecule has 0 unspecified atom stereocenters. The molecule has 1 aromatic carbocycles. The zero-order chi connectivity index (χ0) is 19.2. The van der Waals surface area contributed by atoms with Crippen molar-refractivity contribution in [1.82, 2.24) is 9.62 Å². The lowest BCUT2D eigenvalue weighted by Gasteiger charge is -2.31. The summed E-state index contributed by atoms with van der Waals surface area (Å²) in [6.07, 6.45) is 1.74. The molecule has 0 aliphatic carbocycles. The first-order valence-electron chi connectivity index (χ1n) is 8.54. The summed E-state index contributed by atoms with van der Waals surface area (Å²) in [7, 11) is -0.804. The van der Waals surface area contributed by atoms with Crippen LogP contribution in [0.25, 0.3) is 0 Å². The number of amides is 1. The van der Waals surface area contributed by atoms with E-state index in [4.69, 9.17) is 14.6 Å². The Balaban J connectivity index is 2.14. The second kappa shape index (κ2) is 9.20. The first kappa shape index (κ1) is 20.5. The Hall–Kier alpha value is -1.84. The molecule has 1 heterocycles. The average molecular weight is 386 g/mol. The highest BCUT2D eigenvalue weighted by Gasteiger charge is 2.33. The quantitative estimate of drug-likeness (QED) is 0.634. The van der Waals surface area contributed by atoms with E-state index in [-0.39, 0.29) is 24.0 Å². The normalized spacial score (nSPS) is 18.3. The zero-order valence-corrected chi connectivity index (χ0v) is 15.9. The molecule has 8 nitrogen and oxygen atoms in total. The van der Waals surface area contributed by atoms with Crippen LogP contribution in [0.1, 0.15) is 19.3 Å². The fourth-order valence-corrected chi connectivity index (χ4v) is 4.48. The first-order valence-corrected chi connectivity index (χ1v) is 9.98. The molecule has 1 aliphatic rings. The summed E-state index contributed by atoms with van der Waals surface area (Å²) in [5.41, 5.74) is 0. The van der Waals surface area contributed by atoms with Gasteiger partial charge in [0.25, 0.3) is 0 Å². The van der Waals surface area contributed by atoms with Gasteiger partial charge in [-0.15, -0.1) is 0 Å². The SMILES string of the molecule is COc1ccc(S(=O)(=O)N2CCC[C@@H](C(=O)NCCCO)C2)cc1OC. The minimum atomic E-state index is -3.73. The van der Waals surface area contributed by atoms with Gasteiger partial charge in [-0.3, -0.25) is 4.79 Å². The number of ether oxygens (including phenoxy) is 2. The predicted molar refractivity (Wildman–Crippen MR) is 95.7 cm³/mol. The van der Waals surface area contributed by atoms with E-state index in [9.17, 15) is 13.2 Å². The van der Waals surface area contributed by atoms with E-state index in [0.29, 0.717) is 43.9 Å². The lowest BCUT2D eigenvalue weighted by atomic mass is 9.99. The lowest BCUT2D eigenvalue weighted by molar-refractivity contribution is -0.126. The molecule has 1 saturated heterocycles. The summed E-state index contributed by atoms with van der Waals surface area (Å²) in [4.78, 5) is 12.3. The van der Waals surface area contributed by atoms with Gasteiger partial charge in [0.1, 0.15) is 0 Å². The van der Waals surface area contributed by atoms with Gasteiger partial charge in [-0.25, -0.2) is 8.42 Å². The predicted octanol–water partition coefficient (Wildman–Crippen LogP) is 0.603. The number of carbonyl (C=O) groups is 1. The van der Waals surface area contributed by atoms with Crippen LogP contribution in [0.5, 0.6) is 11.5 Å². The van der Waals surface area contributed by atoms with Crippen LogP contribution >= 0.6 is 0 Å². The molecular formula is C17H26N2O6S. The summed E-state index contributed by atoms with van der Waals surface area (Å²) in [6.45, 7) is 0.901. The highest BCUT2D eigenvalue weighted by Crippen LogP contribution is 2.32. The number of carbonyl (C=O) groups excluding carboxylic acids is 1. The molecule has 0 bridgehead atoms. The summed E-state index contributed by atoms with van der Waals surface area (Å²) in [5.74, 6) is 0.220. The second-order valence-electron chi connectivity index (χ2n) is 6.09. The average Bonchev–Trinajstić information content (AvgIpc) is 2.67. The van der Waals surface area contributed by atoms with E-state index in [1.54, 1.807) is 6.07 Å². The Morgan fingerprint density at radius 3 is 2.69 bits per heavy atom. The van der Waals surface area contributed by atoms with E-state index in [1.165, 1.54) is 30.7 Å². The Labute approximate surface area is 154 Å². The van der Waals surface area contributed by atoms with Crippen molar-refractivity contribution in [2.45, 2.75) is 24.2 Å². The third kappa shape index (κ3) is 4.66. The zero-order valence-electron chi connectivity index (χ0n) is 15.1. The van der Waals surface area contributed by atoms with Gasteiger partial charge in [0.15, 0.2) is 11.5 Å². The number of benzene rings is 1. The van der Waals surface area contributed by atoms with E-state index >= 15 is 0 Å². The molecule has 2 N–H and O–H groups in total. The van der Waals surface area contributed by atoms with Crippen LogP contribution in [0.3, 0.4) is 0 Å². The number of nitrogens with zero attached hydrogens (tertiary/aromatic N) is 1. The van der Waals surface area contributed by atoms with Crippen LogP contribution < -0.4 is 14.8 Å². The molecule has 9 heteroatoms. The van der Waals surface area contributed by atoms with E-state index < -0.39 is 15.9 Å². The van der Waals surface area contributed by atoms with Crippen molar-refractivity contribution in [2.75, 3.05) is 40.5 Å². The van der Waals surface area contributed by atoms with Crippen molar-refractivity contribution in [1.29, 1.82) is 0 Å². The Kier molecular flexibility index (Phi) is 7.24. The molecule has 0 spiro atoms. The number of rotatable bonds is 8. The Bertz CT molecular complexity index is 722. The van der Waals surface area contributed by atoms with Crippen molar-refractivity contribution in [3.05, 3.63) is 18.2 Å². The molecule has 1 amide bonds. The second-order valence-corrected chi connectivity index (χ2v) is 8.03. The summed E-state index contributed by atoms with van der Waals surface area (Å²) in [5, 5.41) is 11.5. The fraction of sp³-hybridized carbons (Fsp3) is 0.588.